The third-order valence-corrected chi connectivity index (χ3v) is 3.87. The molecule has 2 aromatic rings. The zero-order valence-corrected chi connectivity index (χ0v) is 12.7. The molecule has 1 saturated heterocycles. The van der Waals surface area contributed by atoms with Gasteiger partial charge in [0.05, 0.1) is 12.6 Å². The molecular weight excluding hydrogens is 295 g/mol. The Morgan fingerprint density at radius 1 is 1.13 bits per heavy atom. The van der Waals surface area contributed by atoms with E-state index in [2.05, 4.69) is 5.32 Å². The molecular formula is C18H19FN2O2. The minimum Gasteiger partial charge on any atom is -0.491 e. The lowest BCUT2D eigenvalue weighted by atomic mass is 10.1. The average molecular weight is 314 g/mol. The van der Waals surface area contributed by atoms with E-state index in [1.165, 1.54) is 12.1 Å². The first-order chi connectivity index (χ1) is 11.2. The molecule has 0 radical (unpaired) electrons. The van der Waals surface area contributed by atoms with Crippen molar-refractivity contribution in [1.82, 2.24) is 10.2 Å². The van der Waals surface area contributed by atoms with Crippen molar-refractivity contribution in [1.29, 1.82) is 0 Å². The van der Waals surface area contributed by atoms with Crippen molar-refractivity contribution < 1.29 is 13.9 Å². The molecule has 23 heavy (non-hydrogen) atoms. The van der Waals surface area contributed by atoms with Crippen LogP contribution >= 0.6 is 0 Å². The summed E-state index contributed by atoms with van der Waals surface area (Å²) in [6, 6.07) is 15.8. The van der Waals surface area contributed by atoms with Crippen LogP contribution in [0.25, 0.3) is 0 Å². The SMILES string of the molecule is O=C1CNC[C@H](COc2ccc(F)cc2)N1Cc1ccccc1. The molecule has 0 aliphatic carbocycles. The van der Waals surface area contributed by atoms with Crippen LogP contribution in [0.1, 0.15) is 5.56 Å². The summed E-state index contributed by atoms with van der Waals surface area (Å²) in [5.41, 5.74) is 1.09. The average Bonchev–Trinajstić information content (AvgIpc) is 2.58. The normalized spacial score (nSPS) is 18.0. The zero-order chi connectivity index (χ0) is 16.1. The quantitative estimate of drug-likeness (QED) is 0.920. The number of hydrogen-bond donors (Lipinski definition) is 1. The number of carbonyl (C=O) groups excluding carboxylic acids is 1. The smallest absolute Gasteiger partial charge is 0.237 e. The number of piperazine rings is 1. The largest absolute Gasteiger partial charge is 0.491 e. The van der Waals surface area contributed by atoms with Gasteiger partial charge in [0.25, 0.3) is 0 Å². The molecule has 1 amide bonds. The summed E-state index contributed by atoms with van der Waals surface area (Å²) in [5, 5.41) is 3.11. The Labute approximate surface area is 134 Å². The van der Waals surface area contributed by atoms with Gasteiger partial charge in [-0.05, 0) is 29.8 Å². The number of carbonyl (C=O) groups is 1. The van der Waals surface area contributed by atoms with E-state index in [0.29, 0.717) is 32.0 Å². The topological polar surface area (TPSA) is 41.6 Å². The van der Waals surface area contributed by atoms with Gasteiger partial charge in [0, 0.05) is 13.1 Å². The fraction of sp³-hybridized carbons (Fsp3) is 0.278. The maximum absolute atomic E-state index is 12.9. The first-order valence-corrected chi connectivity index (χ1v) is 7.65. The highest BCUT2D eigenvalue weighted by Gasteiger charge is 2.28. The van der Waals surface area contributed by atoms with Gasteiger partial charge in [-0.1, -0.05) is 30.3 Å². The van der Waals surface area contributed by atoms with Crippen LogP contribution in [-0.4, -0.2) is 36.5 Å². The van der Waals surface area contributed by atoms with Gasteiger partial charge in [0.2, 0.25) is 5.91 Å². The van der Waals surface area contributed by atoms with E-state index in [4.69, 9.17) is 4.74 Å². The van der Waals surface area contributed by atoms with E-state index in [-0.39, 0.29) is 17.8 Å². The van der Waals surface area contributed by atoms with E-state index in [9.17, 15) is 9.18 Å². The molecule has 0 spiro atoms. The lowest BCUT2D eigenvalue weighted by Crippen LogP contribution is -2.56. The number of nitrogens with zero attached hydrogens (tertiary/aromatic N) is 1. The number of halogens is 1. The fourth-order valence-electron chi connectivity index (χ4n) is 2.63. The second kappa shape index (κ2) is 7.24. The summed E-state index contributed by atoms with van der Waals surface area (Å²) >= 11 is 0. The Bertz CT molecular complexity index is 646. The molecule has 1 aliphatic rings. The minimum absolute atomic E-state index is 0.0542. The number of rotatable bonds is 5. The summed E-state index contributed by atoms with van der Waals surface area (Å²) in [5.74, 6) is 0.370. The van der Waals surface area contributed by atoms with Gasteiger partial charge in [0.1, 0.15) is 18.2 Å². The summed E-state index contributed by atoms with van der Waals surface area (Å²) in [6.07, 6.45) is 0. The lowest BCUT2D eigenvalue weighted by molar-refractivity contribution is -0.136. The highest BCUT2D eigenvalue weighted by Crippen LogP contribution is 2.15. The van der Waals surface area contributed by atoms with Crippen molar-refractivity contribution in [3.8, 4) is 5.75 Å². The molecule has 4 nitrogen and oxygen atoms in total. The maximum atomic E-state index is 12.9. The first-order valence-electron chi connectivity index (χ1n) is 7.65. The van der Waals surface area contributed by atoms with Crippen molar-refractivity contribution in [2.75, 3.05) is 19.7 Å². The van der Waals surface area contributed by atoms with Gasteiger partial charge in [-0.2, -0.15) is 0 Å². The molecule has 1 fully saturated rings. The van der Waals surface area contributed by atoms with Gasteiger partial charge < -0.3 is 15.0 Å². The lowest BCUT2D eigenvalue weighted by Gasteiger charge is -2.36. The van der Waals surface area contributed by atoms with Gasteiger partial charge in [-0.15, -0.1) is 0 Å². The highest BCUT2D eigenvalue weighted by molar-refractivity contribution is 5.79. The van der Waals surface area contributed by atoms with Crippen LogP contribution in [0.5, 0.6) is 5.75 Å². The fourth-order valence-corrected chi connectivity index (χ4v) is 2.63. The molecule has 0 aromatic heterocycles. The van der Waals surface area contributed by atoms with Gasteiger partial charge >= 0.3 is 0 Å². The number of ether oxygens (including phenoxy) is 1. The summed E-state index contributed by atoms with van der Waals surface area (Å²) < 4.78 is 18.6. The molecule has 1 N–H and O–H groups in total. The predicted molar refractivity (Wildman–Crippen MR) is 85.5 cm³/mol. The van der Waals surface area contributed by atoms with Crippen LogP contribution in [0, 0.1) is 5.82 Å². The van der Waals surface area contributed by atoms with E-state index < -0.39 is 0 Å². The molecule has 120 valence electrons. The van der Waals surface area contributed by atoms with Crippen LogP contribution in [0.3, 0.4) is 0 Å². The second-order valence-electron chi connectivity index (χ2n) is 5.56. The molecule has 5 heteroatoms. The monoisotopic (exact) mass is 314 g/mol. The van der Waals surface area contributed by atoms with Crippen LogP contribution in [0.2, 0.25) is 0 Å². The second-order valence-corrected chi connectivity index (χ2v) is 5.56. The number of amides is 1. The zero-order valence-electron chi connectivity index (χ0n) is 12.7. The van der Waals surface area contributed by atoms with Gasteiger partial charge in [0.15, 0.2) is 0 Å². The molecule has 1 aliphatic heterocycles. The molecule has 3 rings (SSSR count). The van der Waals surface area contributed by atoms with E-state index >= 15 is 0 Å². The Kier molecular flexibility index (Phi) is 4.88. The summed E-state index contributed by atoms with van der Waals surface area (Å²) in [4.78, 5) is 14.1. The van der Waals surface area contributed by atoms with Crippen LogP contribution in [0.15, 0.2) is 54.6 Å². The van der Waals surface area contributed by atoms with Crippen LogP contribution in [0.4, 0.5) is 4.39 Å². The molecule has 0 unspecified atom stereocenters. The maximum Gasteiger partial charge on any atom is 0.237 e. The van der Waals surface area contributed by atoms with Crippen LogP contribution in [-0.2, 0) is 11.3 Å². The van der Waals surface area contributed by atoms with E-state index in [1.54, 1.807) is 12.1 Å². The van der Waals surface area contributed by atoms with Crippen molar-refractivity contribution in [3.63, 3.8) is 0 Å². The molecule has 1 atom stereocenters. The Hall–Kier alpha value is -2.40. The third-order valence-electron chi connectivity index (χ3n) is 3.87. The van der Waals surface area contributed by atoms with Crippen molar-refractivity contribution in [2.24, 2.45) is 0 Å². The molecule has 0 bridgehead atoms. The van der Waals surface area contributed by atoms with Crippen LogP contribution < -0.4 is 10.1 Å². The molecule has 1 heterocycles. The first kappa shape index (κ1) is 15.5. The standard InChI is InChI=1S/C18H19FN2O2/c19-15-6-8-17(9-7-15)23-13-16-10-20-11-18(22)21(16)12-14-4-2-1-3-5-14/h1-9,16,20H,10-13H2/t16-/m1/s1. The predicted octanol–water partition coefficient (Wildman–Crippen LogP) is 2.21. The molecule has 2 aromatic carbocycles. The summed E-state index contributed by atoms with van der Waals surface area (Å²) in [6.45, 7) is 1.97. The molecule has 0 saturated carbocycles. The van der Waals surface area contributed by atoms with Crippen molar-refractivity contribution in [3.05, 3.63) is 66.0 Å². The minimum atomic E-state index is -0.294. The van der Waals surface area contributed by atoms with E-state index in [1.807, 2.05) is 35.2 Å². The number of nitrogens with one attached hydrogen (secondary N) is 1. The van der Waals surface area contributed by atoms with Crippen molar-refractivity contribution >= 4 is 5.91 Å². The Morgan fingerprint density at radius 3 is 2.61 bits per heavy atom. The highest BCUT2D eigenvalue weighted by atomic mass is 19.1. The van der Waals surface area contributed by atoms with Crippen molar-refractivity contribution in [2.45, 2.75) is 12.6 Å². The number of hydrogen-bond acceptors (Lipinski definition) is 3. The van der Waals surface area contributed by atoms with Gasteiger partial charge in [-0.25, -0.2) is 4.39 Å². The number of benzene rings is 2. The summed E-state index contributed by atoms with van der Waals surface area (Å²) in [7, 11) is 0. The van der Waals surface area contributed by atoms with E-state index in [0.717, 1.165) is 5.56 Å². The van der Waals surface area contributed by atoms with Gasteiger partial charge in [-0.3, -0.25) is 4.79 Å². The third kappa shape index (κ3) is 4.07. The Balaban J connectivity index is 1.65. The Morgan fingerprint density at radius 2 is 1.87 bits per heavy atom.